The van der Waals surface area contributed by atoms with Crippen molar-refractivity contribution >= 4 is 22.9 Å². The van der Waals surface area contributed by atoms with Gasteiger partial charge >= 0.3 is 0 Å². The number of hydrogen-bond donors (Lipinski definition) is 0. The predicted octanol–water partition coefficient (Wildman–Crippen LogP) is 4.53. The fraction of sp³-hybridized carbons (Fsp3) is 0. The number of nitrogens with zero attached hydrogens (tertiary/aromatic N) is 2. The SMILES string of the molecule is Clc1cccc(-c2cnc(-c3ccccn3)s2)c1. The second kappa shape index (κ2) is 4.88. The van der Waals surface area contributed by atoms with Crippen LogP contribution in [0.1, 0.15) is 0 Å². The zero-order valence-electron chi connectivity index (χ0n) is 9.38. The number of pyridine rings is 1. The van der Waals surface area contributed by atoms with Gasteiger partial charge in [-0.15, -0.1) is 11.3 Å². The van der Waals surface area contributed by atoms with E-state index in [0.29, 0.717) is 0 Å². The Morgan fingerprint density at radius 1 is 1.00 bits per heavy atom. The Bertz CT molecular complexity index is 664. The molecule has 0 amide bonds. The van der Waals surface area contributed by atoms with Gasteiger partial charge in [-0.05, 0) is 29.8 Å². The summed E-state index contributed by atoms with van der Waals surface area (Å²) < 4.78 is 0. The third-order valence-electron chi connectivity index (χ3n) is 2.50. The summed E-state index contributed by atoms with van der Waals surface area (Å²) in [6, 6.07) is 13.6. The highest BCUT2D eigenvalue weighted by Crippen LogP contribution is 2.31. The summed E-state index contributed by atoms with van der Waals surface area (Å²) >= 11 is 7.61. The molecule has 4 heteroatoms. The maximum Gasteiger partial charge on any atom is 0.142 e. The molecular formula is C14H9ClN2S. The minimum atomic E-state index is 0.736. The van der Waals surface area contributed by atoms with Crippen molar-refractivity contribution in [3.8, 4) is 21.1 Å². The topological polar surface area (TPSA) is 25.8 Å². The van der Waals surface area contributed by atoms with Gasteiger partial charge in [-0.2, -0.15) is 0 Å². The van der Waals surface area contributed by atoms with Crippen LogP contribution in [0.5, 0.6) is 0 Å². The molecule has 88 valence electrons. The fourth-order valence-electron chi connectivity index (χ4n) is 1.66. The van der Waals surface area contributed by atoms with Gasteiger partial charge in [0.15, 0.2) is 0 Å². The van der Waals surface area contributed by atoms with Crippen LogP contribution in [0, 0.1) is 0 Å². The van der Waals surface area contributed by atoms with E-state index in [1.807, 2.05) is 48.7 Å². The molecule has 3 aromatic rings. The van der Waals surface area contributed by atoms with Gasteiger partial charge in [0.25, 0.3) is 0 Å². The molecule has 0 spiro atoms. The van der Waals surface area contributed by atoms with Crippen molar-refractivity contribution in [2.75, 3.05) is 0 Å². The van der Waals surface area contributed by atoms with E-state index in [-0.39, 0.29) is 0 Å². The molecule has 0 unspecified atom stereocenters. The van der Waals surface area contributed by atoms with Crippen LogP contribution >= 0.6 is 22.9 Å². The standard InChI is InChI=1S/C14H9ClN2S/c15-11-5-3-4-10(8-11)13-9-17-14(18-13)12-6-1-2-7-16-12/h1-9H. The van der Waals surface area contributed by atoms with Crippen LogP contribution in [-0.4, -0.2) is 9.97 Å². The molecule has 2 aromatic heterocycles. The summed E-state index contributed by atoms with van der Waals surface area (Å²) in [5.41, 5.74) is 1.98. The lowest BCUT2D eigenvalue weighted by atomic mass is 10.2. The first-order valence-corrected chi connectivity index (χ1v) is 6.65. The van der Waals surface area contributed by atoms with Crippen LogP contribution in [0.3, 0.4) is 0 Å². The number of hydrogen-bond acceptors (Lipinski definition) is 3. The number of benzene rings is 1. The van der Waals surface area contributed by atoms with E-state index in [2.05, 4.69) is 9.97 Å². The summed E-state index contributed by atoms with van der Waals surface area (Å²) in [6.45, 7) is 0. The number of thiazole rings is 1. The Kier molecular flexibility index (Phi) is 3.09. The van der Waals surface area contributed by atoms with Crippen molar-refractivity contribution in [3.63, 3.8) is 0 Å². The van der Waals surface area contributed by atoms with Crippen LogP contribution in [0.4, 0.5) is 0 Å². The van der Waals surface area contributed by atoms with Crippen LogP contribution < -0.4 is 0 Å². The van der Waals surface area contributed by atoms with Crippen LogP contribution in [-0.2, 0) is 0 Å². The largest absolute Gasteiger partial charge is 0.254 e. The molecule has 2 nitrogen and oxygen atoms in total. The van der Waals surface area contributed by atoms with Gasteiger partial charge in [-0.3, -0.25) is 4.98 Å². The lowest BCUT2D eigenvalue weighted by molar-refractivity contribution is 1.29. The third-order valence-corrected chi connectivity index (χ3v) is 3.80. The van der Waals surface area contributed by atoms with Crippen molar-refractivity contribution in [2.24, 2.45) is 0 Å². The van der Waals surface area contributed by atoms with Gasteiger partial charge < -0.3 is 0 Å². The Morgan fingerprint density at radius 3 is 2.72 bits per heavy atom. The van der Waals surface area contributed by atoms with Gasteiger partial charge in [-0.1, -0.05) is 29.8 Å². The normalized spacial score (nSPS) is 10.5. The maximum absolute atomic E-state index is 5.99. The molecule has 0 aliphatic heterocycles. The van der Waals surface area contributed by atoms with E-state index in [1.165, 1.54) is 0 Å². The minimum absolute atomic E-state index is 0.736. The van der Waals surface area contributed by atoms with E-state index in [1.54, 1.807) is 17.5 Å². The van der Waals surface area contributed by atoms with Crippen LogP contribution in [0.2, 0.25) is 5.02 Å². The Balaban J connectivity index is 2.00. The average Bonchev–Trinajstić information content (AvgIpc) is 2.89. The van der Waals surface area contributed by atoms with Crippen molar-refractivity contribution in [3.05, 3.63) is 59.9 Å². The van der Waals surface area contributed by atoms with Crippen molar-refractivity contribution < 1.29 is 0 Å². The minimum Gasteiger partial charge on any atom is -0.254 e. The molecule has 0 N–H and O–H groups in total. The smallest absolute Gasteiger partial charge is 0.142 e. The molecule has 0 saturated heterocycles. The summed E-state index contributed by atoms with van der Waals surface area (Å²) in [4.78, 5) is 9.80. The molecule has 0 saturated carbocycles. The highest BCUT2D eigenvalue weighted by molar-refractivity contribution is 7.18. The monoisotopic (exact) mass is 272 g/mol. The van der Waals surface area contributed by atoms with E-state index in [9.17, 15) is 0 Å². The molecule has 0 aliphatic rings. The van der Waals surface area contributed by atoms with Crippen molar-refractivity contribution in [1.29, 1.82) is 0 Å². The fourth-order valence-corrected chi connectivity index (χ4v) is 2.74. The molecule has 0 fully saturated rings. The molecule has 18 heavy (non-hydrogen) atoms. The third kappa shape index (κ3) is 2.28. The number of rotatable bonds is 2. The zero-order chi connectivity index (χ0) is 12.4. The van der Waals surface area contributed by atoms with Crippen molar-refractivity contribution in [1.82, 2.24) is 9.97 Å². The second-order valence-corrected chi connectivity index (χ2v) is 5.22. The Hall–Kier alpha value is -1.71. The first kappa shape index (κ1) is 11.4. The second-order valence-electron chi connectivity index (χ2n) is 3.75. The van der Waals surface area contributed by atoms with E-state index >= 15 is 0 Å². The quantitative estimate of drug-likeness (QED) is 0.685. The summed E-state index contributed by atoms with van der Waals surface area (Å²) in [5, 5.41) is 1.66. The summed E-state index contributed by atoms with van der Waals surface area (Å²) in [7, 11) is 0. The van der Waals surface area contributed by atoms with Gasteiger partial charge in [-0.25, -0.2) is 4.98 Å². The van der Waals surface area contributed by atoms with E-state index < -0.39 is 0 Å². The lowest BCUT2D eigenvalue weighted by Gasteiger charge is -1.96. The summed E-state index contributed by atoms with van der Waals surface area (Å²) in [5.74, 6) is 0. The van der Waals surface area contributed by atoms with Crippen LogP contribution in [0.25, 0.3) is 21.1 Å². The first-order valence-electron chi connectivity index (χ1n) is 5.46. The average molecular weight is 273 g/mol. The van der Waals surface area contributed by atoms with Gasteiger partial charge in [0.2, 0.25) is 0 Å². The molecule has 1 aromatic carbocycles. The van der Waals surface area contributed by atoms with Gasteiger partial charge in [0.05, 0.1) is 10.6 Å². The number of halogens is 1. The van der Waals surface area contributed by atoms with Gasteiger partial charge in [0, 0.05) is 17.4 Å². The van der Waals surface area contributed by atoms with Crippen LogP contribution in [0.15, 0.2) is 54.9 Å². The zero-order valence-corrected chi connectivity index (χ0v) is 10.9. The van der Waals surface area contributed by atoms with Crippen molar-refractivity contribution in [2.45, 2.75) is 0 Å². The van der Waals surface area contributed by atoms with Gasteiger partial charge in [0.1, 0.15) is 5.01 Å². The molecule has 2 heterocycles. The maximum atomic E-state index is 5.99. The van der Waals surface area contributed by atoms with E-state index in [0.717, 1.165) is 26.2 Å². The summed E-state index contributed by atoms with van der Waals surface area (Å²) in [6.07, 6.45) is 3.64. The Morgan fingerprint density at radius 2 is 1.94 bits per heavy atom. The highest BCUT2D eigenvalue weighted by Gasteiger charge is 2.07. The lowest BCUT2D eigenvalue weighted by Crippen LogP contribution is -1.78. The molecule has 0 atom stereocenters. The first-order chi connectivity index (χ1) is 8.83. The molecule has 0 bridgehead atoms. The molecule has 0 aliphatic carbocycles. The van der Waals surface area contributed by atoms with E-state index in [4.69, 9.17) is 11.6 Å². The molecular weight excluding hydrogens is 264 g/mol. The predicted molar refractivity (Wildman–Crippen MR) is 75.8 cm³/mol. The highest BCUT2D eigenvalue weighted by atomic mass is 35.5. The molecule has 0 radical (unpaired) electrons. The number of aromatic nitrogens is 2. The Labute approximate surface area is 114 Å². The molecule has 3 rings (SSSR count).